The van der Waals surface area contributed by atoms with Crippen LogP contribution in [0.25, 0.3) is 0 Å². The summed E-state index contributed by atoms with van der Waals surface area (Å²) in [7, 11) is -3.74. The van der Waals surface area contributed by atoms with E-state index in [0.29, 0.717) is 5.75 Å². The Kier molecular flexibility index (Phi) is 5.83. The second kappa shape index (κ2) is 7.49. The fourth-order valence-corrected chi connectivity index (χ4v) is 3.55. The number of rotatable bonds is 7. The average Bonchev–Trinajstić information content (AvgIpc) is 2.56. The first-order chi connectivity index (χ1) is 11.3. The maximum atomic E-state index is 12.0. The molecule has 0 fully saturated rings. The number of hydrogen-bond acceptors (Lipinski definition) is 4. The number of benzene rings is 2. The maximum Gasteiger partial charge on any atom is 0.358 e. The van der Waals surface area contributed by atoms with Crippen LogP contribution >= 0.6 is 7.60 Å². The molecule has 2 aromatic rings. The molecule has 0 saturated carbocycles. The van der Waals surface area contributed by atoms with Crippen LogP contribution in [0.5, 0.6) is 5.75 Å². The van der Waals surface area contributed by atoms with Gasteiger partial charge in [-0.25, -0.2) is 0 Å². The van der Waals surface area contributed by atoms with E-state index in [1.165, 1.54) is 0 Å². The number of ether oxygens (including phenoxy) is 1. The van der Waals surface area contributed by atoms with Gasteiger partial charge in [0.25, 0.3) is 0 Å². The molecule has 130 valence electrons. The third-order valence-electron chi connectivity index (χ3n) is 4.03. The molecule has 6 heteroatoms. The third-order valence-corrected chi connectivity index (χ3v) is 5.59. The molecule has 2 rings (SSSR count). The van der Waals surface area contributed by atoms with Crippen molar-refractivity contribution in [1.29, 1.82) is 0 Å². The summed E-state index contributed by atoms with van der Waals surface area (Å²) in [4.78, 5) is 9.88. The van der Waals surface area contributed by atoms with Gasteiger partial charge in [0.15, 0.2) is 6.79 Å². The normalized spacial score (nSPS) is 14.2. The SMILES string of the molecule is CCOP(=O)(O)c1ccc(C(C)(C)c2ccc(OCO)cc2)cc1. The summed E-state index contributed by atoms with van der Waals surface area (Å²) in [6.45, 7) is 5.66. The summed E-state index contributed by atoms with van der Waals surface area (Å²) in [5.41, 5.74) is 1.79. The van der Waals surface area contributed by atoms with E-state index in [9.17, 15) is 9.46 Å². The largest absolute Gasteiger partial charge is 0.468 e. The summed E-state index contributed by atoms with van der Waals surface area (Å²) in [6.07, 6.45) is 0. The van der Waals surface area contributed by atoms with Crippen LogP contribution in [0.3, 0.4) is 0 Å². The lowest BCUT2D eigenvalue weighted by Gasteiger charge is -2.26. The quantitative estimate of drug-likeness (QED) is 0.592. The van der Waals surface area contributed by atoms with E-state index in [2.05, 4.69) is 13.8 Å². The summed E-state index contributed by atoms with van der Waals surface area (Å²) in [5.74, 6) is 0.602. The van der Waals surface area contributed by atoms with Crippen LogP contribution < -0.4 is 10.0 Å². The highest BCUT2D eigenvalue weighted by Gasteiger charge is 2.26. The molecule has 2 aromatic carbocycles. The highest BCUT2D eigenvalue weighted by Crippen LogP contribution is 2.41. The van der Waals surface area contributed by atoms with Crippen molar-refractivity contribution in [3.8, 4) is 5.75 Å². The van der Waals surface area contributed by atoms with Crippen LogP contribution in [-0.2, 0) is 14.5 Å². The standard InChI is InChI=1S/C18H23O5P/c1-4-23-24(20,21)17-11-7-15(8-12-17)18(2,3)14-5-9-16(10-6-14)22-13-19/h5-12,19H,4,13H2,1-3H3,(H,20,21). The summed E-state index contributed by atoms with van der Waals surface area (Å²) >= 11 is 0. The molecule has 0 aliphatic rings. The van der Waals surface area contributed by atoms with Gasteiger partial charge in [-0.15, -0.1) is 0 Å². The lowest BCUT2D eigenvalue weighted by atomic mass is 9.78. The molecular formula is C18H23O5P. The van der Waals surface area contributed by atoms with Crippen LogP contribution in [0.2, 0.25) is 0 Å². The minimum absolute atomic E-state index is 0.184. The van der Waals surface area contributed by atoms with E-state index < -0.39 is 7.60 Å². The van der Waals surface area contributed by atoms with Crippen LogP contribution in [0.15, 0.2) is 48.5 Å². The fourth-order valence-electron chi connectivity index (χ4n) is 2.53. The molecule has 0 spiro atoms. The smallest absolute Gasteiger partial charge is 0.358 e. The van der Waals surface area contributed by atoms with Gasteiger partial charge in [-0.2, -0.15) is 0 Å². The van der Waals surface area contributed by atoms with Crippen molar-refractivity contribution in [2.75, 3.05) is 13.4 Å². The van der Waals surface area contributed by atoms with Crippen LogP contribution in [0.4, 0.5) is 0 Å². The van der Waals surface area contributed by atoms with Crippen LogP contribution in [0, 0.1) is 0 Å². The average molecular weight is 350 g/mol. The van der Waals surface area contributed by atoms with E-state index in [0.717, 1.165) is 11.1 Å². The number of aliphatic hydroxyl groups is 1. The first-order valence-electron chi connectivity index (χ1n) is 7.74. The summed E-state index contributed by atoms with van der Waals surface area (Å²) in [6, 6.07) is 14.4. The molecular weight excluding hydrogens is 327 g/mol. The van der Waals surface area contributed by atoms with E-state index in [4.69, 9.17) is 14.4 Å². The van der Waals surface area contributed by atoms with Gasteiger partial charge in [-0.3, -0.25) is 4.57 Å². The van der Waals surface area contributed by atoms with Crippen LogP contribution in [-0.4, -0.2) is 23.4 Å². The molecule has 0 aliphatic carbocycles. The maximum absolute atomic E-state index is 12.0. The first kappa shape index (κ1) is 18.7. The van der Waals surface area contributed by atoms with Crippen molar-refractivity contribution in [3.05, 3.63) is 59.7 Å². The summed E-state index contributed by atoms with van der Waals surface area (Å²) < 4.78 is 22.0. The number of hydrogen-bond donors (Lipinski definition) is 2. The van der Waals surface area contributed by atoms with Gasteiger partial charge >= 0.3 is 7.60 Å². The third kappa shape index (κ3) is 4.05. The van der Waals surface area contributed by atoms with Crippen molar-refractivity contribution < 1.29 is 23.8 Å². The molecule has 2 N–H and O–H groups in total. The fraction of sp³-hybridized carbons (Fsp3) is 0.333. The van der Waals surface area contributed by atoms with Gasteiger partial charge in [0, 0.05) is 5.41 Å². The van der Waals surface area contributed by atoms with Crippen molar-refractivity contribution in [1.82, 2.24) is 0 Å². The van der Waals surface area contributed by atoms with E-state index in [-0.39, 0.29) is 24.1 Å². The highest BCUT2D eigenvalue weighted by atomic mass is 31.2. The zero-order valence-electron chi connectivity index (χ0n) is 14.1. The van der Waals surface area contributed by atoms with E-state index >= 15 is 0 Å². The monoisotopic (exact) mass is 350 g/mol. The van der Waals surface area contributed by atoms with Crippen LogP contribution in [0.1, 0.15) is 31.9 Å². The Balaban J connectivity index is 2.27. The molecule has 0 amide bonds. The summed E-state index contributed by atoms with van der Waals surface area (Å²) in [5, 5.41) is 9.07. The van der Waals surface area contributed by atoms with Crippen molar-refractivity contribution >= 4 is 12.9 Å². The zero-order valence-corrected chi connectivity index (χ0v) is 15.0. The van der Waals surface area contributed by atoms with Gasteiger partial charge in [0.05, 0.1) is 11.9 Å². The van der Waals surface area contributed by atoms with Crippen molar-refractivity contribution in [3.63, 3.8) is 0 Å². The topological polar surface area (TPSA) is 76.0 Å². The Labute approximate surface area is 142 Å². The van der Waals surface area contributed by atoms with E-state index in [1.54, 1.807) is 31.2 Å². The molecule has 0 aromatic heterocycles. The second-order valence-electron chi connectivity index (χ2n) is 5.91. The molecule has 0 aliphatic heterocycles. The molecule has 1 atom stereocenters. The van der Waals surface area contributed by atoms with E-state index in [1.807, 2.05) is 24.3 Å². The molecule has 5 nitrogen and oxygen atoms in total. The predicted octanol–water partition coefficient (Wildman–Crippen LogP) is 3.19. The minimum atomic E-state index is -3.74. The van der Waals surface area contributed by atoms with Gasteiger partial charge in [-0.1, -0.05) is 38.1 Å². The molecule has 1 unspecified atom stereocenters. The second-order valence-corrected chi connectivity index (χ2v) is 7.72. The lowest BCUT2D eigenvalue weighted by molar-refractivity contribution is 0.0985. The Morgan fingerprint density at radius 3 is 1.96 bits per heavy atom. The Bertz CT molecular complexity index is 707. The molecule has 0 bridgehead atoms. The molecule has 24 heavy (non-hydrogen) atoms. The molecule has 0 heterocycles. The lowest BCUT2D eigenvalue weighted by Crippen LogP contribution is -2.20. The van der Waals surface area contributed by atoms with Gasteiger partial charge in [-0.05, 0) is 42.3 Å². The van der Waals surface area contributed by atoms with Gasteiger partial charge < -0.3 is 19.3 Å². The Morgan fingerprint density at radius 2 is 1.50 bits per heavy atom. The number of aliphatic hydroxyl groups excluding tert-OH is 1. The van der Waals surface area contributed by atoms with Crippen molar-refractivity contribution in [2.24, 2.45) is 0 Å². The molecule has 0 saturated heterocycles. The first-order valence-corrected chi connectivity index (χ1v) is 9.31. The minimum Gasteiger partial charge on any atom is -0.468 e. The highest BCUT2D eigenvalue weighted by molar-refractivity contribution is 7.61. The van der Waals surface area contributed by atoms with Gasteiger partial charge in [0.1, 0.15) is 5.75 Å². The zero-order chi connectivity index (χ0) is 17.8. The Morgan fingerprint density at radius 1 is 1.00 bits per heavy atom. The van der Waals surface area contributed by atoms with Crippen molar-refractivity contribution in [2.45, 2.75) is 26.2 Å². The predicted molar refractivity (Wildman–Crippen MR) is 93.8 cm³/mol. The van der Waals surface area contributed by atoms with Gasteiger partial charge in [0.2, 0.25) is 0 Å². The molecule has 0 radical (unpaired) electrons. The Hall–Kier alpha value is -1.65.